The van der Waals surface area contributed by atoms with E-state index >= 15 is 0 Å². The highest BCUT2D eigenvalue weighted by atomic mass is 19.4. The molecule has 21 heavy (non-hydrogen) atoms. The zero-order valence-electron chi connectivity index (χ0n) is 12.1. The summed E-state index contributed by atoms with van der Waals surface area (Å²) in [5.41, 5.74) is -0.910. The maximum absolute atomic E-state index is 12.3. The summed E-state index contributed by atoms with van der Waals surface area (Å²) in [7, 11) is 0. The lowest BCUT2D eigenvalue weighted by atomic mass is 10.1. The first-order valence-electron chi connectivity index (χ1n) is 6.53. The van der Waals surface area contributed by atoms with Gasteiger partial charge < -0.3 is 14.9 Å². The molecule has 0 aromatic heterocycles. The maximum atomic E-state index is 12.3. The molecule has 0 atom stereocenters. The van der Waals surface area contributed by atoms with Gasteiger partial charge in [0.05, 0.1) is 6.04 Å². The van der Waals surface area contributed by atoms with Gasteiger partial charge in [-0.25, -0.2) is 9.59 Å². The molecular weight excluding hydrogens is 293 g/mol. The van der Waals surface area contributed by atoms with Gasteiger partial charge >= 0.3 is 18.2 Å². The highest BCUT2D eigenvalue weighted by molar-refractivity contribution is 5.77. The quantitative estimate of drug-likeness (QED) is 0.750. The van der Waals surface area contributed by atoms with Gasteiger partial charge in [-0.3, -0.25) is 0 Å². The summed E-state index contributed by atoms with van der Waals surface area (Å²) in [6.45, 7) is 5.71. The molecule has 1 aliphatic rings. The number of ether oxygens (including phenoxy) is 1. The van der Waals surface area contributed by atoms with Crippen LogP contribution in [0.1, 0.15) is 33.6 Å². The van der Waals surface area contributed by atoms with Crippen molar-refractivity contribution in [2.24, 2.45) is 0 Å². The fourth-order valence-electron chi connectivity index (χ4n) is 1.75. The van der Waals surface area contributed by atoms with Crippen molar-refractivity contribution < 1.29 is 32.3 Å². The van der Waals surface area contributed by atoms with E-state index in [1.165, 1.54) is 0 Å². The molecule has 1 N–H and O–H groups in total. The lowest BCUT2D eigenvalue weighted by Crippen LogP contribution is -2.50. The van der Waals surface area contributed by atoms with Crippen LogP contribution in [0.4, 0.5) is 18.0 Å². The second kappa shape index (κ2) is 6.50. The van der Waals surface area contributed by atoms with Crippen LogP contribution < -0.4 is 5.32 Å². The molecule has 0 bridgehead atoms. The van der Waals surface area contributed by atoms with Crippen molar-refractivity contribution in [2.75, 3.05) is 13.1 Å². The van der Waals surface area contributed by atoms with Crippen LogP contribution in [0.3, 0.4) is 0 Å². The lowest BCUT2D eigenvalue weighted by molar-refractivity contribution is -0.240. The van der Waals surface area contributed by atoms with Gasteiger partial charge in [0.15, 0.2) is 0 Å². The summed E-state index contributed by atoms with van der Waals surface area (Å²) in [6, 6.07) is -0.646. The summed E-state index contributed by atoms with van der Waals surface area (Å²) < 4.78 is 41.9. The van der Waals surface area contributed by atoms with Gasteiger partial charge in [-0.1, -0.05) is 0 Å². The van der Waals surface area contributed by atoms with Gasteiger partial charge in [0.25, 0.3) is 0 Å². The molecule has 0 unspecified atom stereocenters. The Morgan fingerprint density at radius 1 is 1.14 bits per heavy atom. The van der Waals surface area contributed by atoms with Gasteiger partial charge in [0, 0.05) is 0 Å². The number of carbonyl (C=O) groups is 2. The number of carbonyl (C=O) groups excluding carboxylic acids is 2. The number of alkyl halides is 3. The Bertz CT molecular complexity index is 387. The monoisotopic (exact) mass is 312 g/mol. The fraction of sp³-hybridized carbons (Fsp3) is 0.833. The largest absolute Gasteiger partial charge is 0.493 e. The van der Waals surface area contributed by atoms with Gasteiger partial charge in [0.1, 0.15) is 5.60 Å². The van der Waals surface area contributed by atoms with Gasteiger partial charge in [-0.2, -0.15) is 13.2 Å². The summed E-state index contributed by atoms with van der Waals surface area (Å²) in [5.74, 6) is -2.44. The minimum atomic E-state index is -5.17. The Morgan fingerprint density at radius 2 is 1.67 bits per heavy atom. The van der Waals surface area contributed by atoms with Crippen LogP contribution in [0.5, 0.6) is 0 Å². The first-order chi connectivity index (χ1) is 9.50. The van der Waals surface area contributed by atoms with Crippen LogP contribution in [0.2, 0.25) is 0 Å². The van der Waals surface area contributed by atoms with Crippen molar-refractivity contribution in [3.63, 3.8) is 0 Å². The molecule has 1 fully saturated rings. The van der Waals surface area contributed by atoms with Crippen molar-refractivity contribution in [2.45, 2.75) is 51.4 Å². The van der Waals surface area contributed by atoms with E-state index in [1.54, 1.807) is 20.8 Å². The third-order valence-electron chi connectivity index (χ3n) is 2.63. The van der Waals surface area contributed by atoms with Gasteiger partial charge in [-0.15, -0.1) is 5.06 Å². The lowest BCUT2D eigenvalue weighted by Gasteiger charge is -2.33. The molecule has 0 aromatic carbocycles. The molecule has 1 heterocycles. The maximum Gasteiger partial charge on any atom is 0.493 e. The Labute approximate surface area is 120 Å². The molecule has 1 saturated heterocycles. The molecule has 6 nitrogen and oxygen atoms in total. The molecular formula is C12H19F3N2O4. The van der Waals surface area contributed by atoms with E-state index in [0.717, 1.165) is 0 Å². The summed E-state index contributed by atoms with van der Waals surface area (Å²) in [4.78, 5) is 27.2. The van der Waals surface area contributed by atoms with Crippen molar-refractivity contribution in [3.05, 3.63) is 0 Å². The first kappa shape index (κ1) is 17.5. The van der Waals surface area contributed by atoms with E-state index in [1.807, 2.05) is 0 Å². The second-order valence-corrected chi connectivity index (χ2v) is 5.66. The van der Waals surface area contributed by atoms with Crippen LogP contribution in [0, 0.1) is 0 Å². The van der Waals surface area contributed by atoms with Crippen molar-refractivity contribution in [1.29, 1.82) is 0 Å². The molecule has 9 heteroatoms. The number of piperidine rings is 1. The fourth-order valence-corrected chi connectivity index (χ4v) is 1.75. The normalized spacial score (nSPS) is 17.2. The van der Waals surface area contributed by atoms with Crippen LogP contribution in [0.15, 0.2) is 0 Å². The molecule has 0 aliphatic carbocycles. The zero-order valence-corrected chi connectivity index (χ0v) is 12.1. The van der Waals surface area contributed by atoms with Crippen LogP contribution in [-0.4, -0.2) is 48.0 Å². The Hall–Kier alpha value is -1.51. The number of hydrogen-bond acceptors (Lipinski definition) is 5. The minimum absolute atomic E-state index is 0.365. The molecule has 0 saturated carbocycles. The molecule has 122 valence electrons. The van der Waals surface area contributed by atoms with Crippen LogP contribution in [-0.2, 0) is 14.4 Å². The zero-order chi connectivity index (χ0) is 16.3. The topological polar surface area (TPSA) is 67.9 Å². The van der Waals surface area contributed by atoms with E-state index in [2.05, 4.69) is 10.2 Å². The van der Waals surface area contributed by atoms with E-state index in [0.29, 0.717) is 31.0 Å². The summed E-state index contributed by atoms with van der Waals surface area (Å²) >= 11 is 0. The molecule has 1 aliphatic heterocycles. The number of hydrogen-bond donors (Lipinski definition) is 1. The Balaban J connectivity index is 2.83. The number of halogens is 3. The average Bonchev–Trinajstić information content (AvgIpc) is 2.33. The van der Waals surface area contributed by atoms with E-state index in [9.17, 15) is 22.8 Å². The van der Waals surface area contributed by atoms with Crippen molar-refractivity contribution in [1.82, 2.24) is 10.4 Å². The standard InChI is InChI=1S/C12H19F3N2O4/c1-11(2,3)20-10(19)17(8-4-6-16-7-5-8)21-9(18)12(13,14)15/h8,16H,4-7H2,1-3H3. The highest BCUT2D eigenvalue weighted by Crippen LogP contribution is 2.22. The average molecular weight is 312 g/mol. The first-order valence-corrected chi connectivity index (χ1v) is 6.53. The summed E-state index contributed by atoms with van der Waals surface area (Å²) in [6.07, 6.45) is -5.55. The van der Waals surface area contributed by atoms with E-state index < -0.39 is 29.9 Å². The van der Waals surface area contributed by atoms with Gasteiger partial charge in [0.2, 0.25) is 0 Å². The SMILES string of the molecule is CC(C)(C)OC(=O)N(OC(=O)C(F)(F)F)C1CCNCC1. The van der Waals surface area contributed by atoms with Crippen molar-refractivity contribution in [3.8, 4) is 0 Å². The number of nitrogens with zero attached hydrogens (tertiary/aromatic N) is 1. The second-order valence-electron chi connectivity index (χ2n) is 5.66. The molecule has 1 rings (SSSR count). The predicted octanol–water partition coefficient (Wildman–Crippen LogP) is 2.00. The number of nitrogens with one attached hydrogen (secondary N) is 1. The number of rotatable bonds is 1. The molecule has 0 radical (unpaired) electrons. The van der Waals surface area contributed by atoms with Crippen LogP contribution in [0.25, 0.3) is 0 Å². The Kier molecular flexibility index (Phi) is 5.43. The smallest absolute Gasteiger partial charge is 0.442 e. The third kappa shape index (κ3) is 5.78. The molecule has 0 aromatic rings. The Morgan fingerprint density at radius 3 is 2.10 bits per heavy atom. The predicted molar refractivity (Wildman–Crippen MR) is 66.1 cm³/mol. The highest BCUT2D eigenvalue weighted by Gasteiger charge is 2.45. The van der Waals surface area contributed by atoms with E-state index in [4.69, 9.17) is 4.74 Å². The number of hydroxylamine groups is 2. The molecule has 1 amide bonds. The summed E-state index contributed by atoms with van der Waals surface area (Å²) in [5, 5.41) is 3.40. The van der Waals surface area contributed by atoms with Crippen molar-refractivity contribution >= 4 is 12.1 Å². The third-order valence-corrected chi connectivity index (χ3v) is 2.63. The van der Waals surface area contributed by atoms with Crippen LogP contribution >= 0.6 is 0 Å². The van der Waals surface area contributed by atoms with Gasteiger partial charge in [-0.05, 0) is 46.7 Å². The number of amides is 1. The van der Waals surface area contributed by atoms with E-state index in [-0.39, 0.29) is 0 Å². The minimum Gasteiger partial charge on any atom is -0.442 e. The molecule has 0 spiro atoms.